The Hall–Kier alpha value is -2.45. The fourth-order valence-corrected chi connectivity index (χ4v) is 6.19. The van der Waals surface area contributed by atoms with Gasteiger partial charge >= 0.3 is 0 Å². The van der Waals surface area contributed by atoms with Crippen LogP contribution in [-0.4, -0.2) is 60.9 Å². The number of rotatable bonds is 8. The van der Waals surface area contributed by atoms with Crippen molar-refractivity contribution in [3.05, 3.63) is 55.0 Å². The monoisotopic (exact) mass is 582 g/mol. The largest absolute Gasteiger partial charge is 0.414 e. The summed E-state index contributed by atoms with van der Waals surface area (Å²) in [5.74, 6) is 0.0850. The third-order valence-corrected chi connectivity index (χ3v) is 17.5. The highest BCUT2D eigenvalue weighted by Crippen LogP contribution is 2.43. The molecule has 1 aliphatic rings. The molecule has 3 heterocycles. The van der Waals surface area contributed by atoms with E-state index in [1.807, 2.05) is 22.8 Å². The molecule has 4 rings (SSSR count). The zero-order valence-corrected chi connectivity index (χ0v) is 27.5. The molecule has 40 heavy (non-hydrogen) atoms. The third-order valence-electron chi connectivity index (χ3n) is 8.55. The summed E-state index contributed by atoms with van der Waals surface area (Å²) < 4.78 is 21.9. The van der Waals surface area contributed by atoms with Crippen LogP contribution in [0, 0.1) is 6.42 Å². The summed E-state index contributed by atoms with van der Waals surface area (Å²) >= 11 is 0. The van der Waals surface area contributed by atoms with Crippen LogP contribution in [0.15, 0.2) is 43.0 Å². The van der Waals surface area contributed by atoms with Gasteiger partial charge in [0.2, 0.25) is 0 Å². The van der Waals surface area contributed by atoms with Crippen LogP contribution >= 0.6 is 0 Å². The quantitative estimate of drug-likeness (QED) is 0.299. The van der Waals surface area contributed by atoms with E-state index in [2.05, 4.69) is 94.4 Å². The molecule has 217 valence electrons. The second-order valence-corrected chi connectivity index (χ2v) is 23.1. The average molecular weight is 583 g/mol. The Morgan fingerprint density at radius 1 is 0.975 bits per heavy atom. The molecular weight excluding hydrogens is 539 g/mol. The van der Waals surface area contributed by atoms with Crippen LogP contribution in [0.5, 0.6) is 0 Å². The Bertz CT molecular complexity index is 1330. The molecule has 11 heteroatoms. The van der Waals surface area contributed by atoms with Gasteiger partial charge in [-0.1, -0.05) is 59.7 Å². The number of aromatic nitrogens is 4. The number of imidazole rings is 1. The predicted octanol–water partition coefficient (Wildman–Crippen LogP) is 6.59. The van der Waals surface area contributed by atoms with Crippen molar-refractivity contribution in [2.24, 2.45) is 0 Å². The van der Waals surface area contributed by atoms with Gasteiger partial charge in [0.1, 0.15) is 6.33 Å². The Morgan fingerprint density at radius 2 is 1.62 bits per heavy atom. The van der Waals surface area contributed by atoms with Crippen molar-refractivity contribution >= 4 is 39.5 Å². The van der Waals surface area contributed by atoms with E-state index >= 15 is 0 Å². The molecule has 0 saturated carbocycles. The van der Waals surface area contributed by atoms with Crippen LogP contribution in [0.2, 0.25) is 36.3 Å². The van der Waals surface area contributed by atoms with E-state index in [9.17, 15) is 4.79 Å². The summed E-state index contributed by atoms with van der Waals surface area (Å²) in [6, 6.07) is 9.02. The molecule has 1 aromatic carbocycles. The number of hydrogen-bond donors (Lipinski definition) is 1. The van der Waals surface area contributed by atoms with Crippen molar-refractivity contribution in [2.45, 2.75) is 96.2 Å². The van der Waals surface area contributed by atoms with E-state index in [-0.39, 0.29) is 28.2 Å². The second kappa shape index (κ2) is 11.1. The van der Waals surface area contributed by atoms with Crippen LogP contribution in [-0.2, 0) is 13.6 Å². The van der Waals surface area contributed by atoms with Gasteiger partial charge in [-0.3, -0.25) is 9.36 Å². The minimum absolute atomic E-state index is 0.0230. The maximum Gasteiger partial charge on any atom is 0.256 e. The van der Waals surface area contributed by atoms with Gasteiger partial charge in [0.15, 0.2) is 39.8 Å². The molecule has 1 saturated heterocycles. The molecule has 1 N–H and O–H groups in total. The number of ether oxygens (including phenoxy) is 1. The first kappa shape index (κ1) is 30.5. The second-order valence-electron chi connectivity index (χ2n) is 13.5. The third kappa shape index (κ3) is 6.38. The van der Waals surface area contributed by atoms with Crippen LogP contribution in [0.4, 0.5) is 5.82 Å². The first-order valence-electron chi connectivity index (χ1n) is 13.9. The number of nitrogens with one attached hydrogen (secondary N) is 1. The highest BCUT2D eigenvalue weighted by atomic mass is 28.4. The summed E-state index contributed by atoms with van der Waals surface area (Å²) in [7, 11) is -4.11. The molecule has 1 aliphatic heterocycles. The molecule has 9 nitrogen and oxygen atoms in total. The predicted molar refractivity (Wildman–Crippen MR) is 163 cm³/mol. The lowest BCUT2D eigenvalue weighted by Gasteiger charge is -2.39. The molecule has 0 unspecified atom stereocenters. The Balaban J connectivity index is 1.63. The van der Waals surface area contributed by atoms with Crippen LogP contribution in [0.25, 0.3) is 11.2 Å². The molecule has 1 amide bonds. The summed E-state index contributed by atoms with van der Waals surface area (Å²) in [6.07, 6.45) is 4.20. The van der Waals surface area contributed by atoms with Crippen LogP contribution < -0.4 is 5.32 Å². The van der Waals surface area contributed by atoms with E-state index in [4.69, 9.17) is 13.6 Å². The normalized spacial score (nSPS) is 20.7. The first-order valence-corrected chi connectivity index (χ1v) is 19.7. The Morgan fingerprint density at radius 3 is 2.25 bits per heavy atom. The van der Waals surface area contributed by atoms with Crippen molar-refractivity contribution in [1.82, 2.24) is 19.5 Å². The molecule has 1 fully saturated rings. The van der Waals surface area contributed by atoms with Crippen molar-refractivity contribution in [3.63, 3.8) is 0 Å². The van der Waals surface area contributed by atoms with Crippen molar-refractivity contribution < 1.29 is 18.4 Å². The van der Waals surface area contributed by atoms with Gasteiger partial charge in [0, 0.05) is 12.0 Å². The van der Waals surface area contributed by atoms with Gasteiger partial charge in [-0.15, -0.1) is 0 Å². The smallest absolute Gasteiger partial charge is 0.256 e. The number of carbonyl (C=O) groups excluding carboxylic acids is 1. The number of amides is 1. The highest BCUT2D eigenvalue weighted by Gasteiger charge is 2.47. The topological polar surface area (TPSA) is 100 Å². The summed E-state index contributed by atoms with van der Waals surface area (Å²) in [5.41, 5.74) is 1.59. The fourth-order valence-electron chi connectivity index (χ4n) is 3.95. The van der Waals surface area contributed by atoms with Gasteiger partial charge in [0.05, 0.1) is 25.1 Å². The van der Waals surface area contributed by atoms with Crippen molar-refractivity contribution in [1.29, 1.82) is 0 Å². The van der Waals surface area contributed by atoms with E-state index < -0.39 is 22.9 Å². The maximum atomic E-state index is 12.8. The number of anilines is 1. The van der Waals surface area contributed by atoms with Crippen LogP contribution in [0.1, 0.15) is 58.1 Å². The summed E-state index contributed by atoms with van der Waals surface area (Å²) in [6.45, 7) is 22.8. The van der Waals surface area contributed by atoms with E-state index in [0.717, 1.165) is 0 Å². The molecule has 0 spiro atoms. The molecule has 2 aromatic heterocycles. The minimum atomic E-state index is -2.15. The zero-order valence-electron chi connectivity index (χ0n) is 25.5. The molecule has 0 bridgehead atoms. The lowest BCUT2D eigenvalue weighted by molar-refractivity contribution is -0.0439. The molecule has 0 aliphatic carbocycles. The zero-order chi connectivity index (χ0) is 29.5. The number of benzene rings is 1. The number of nitrogens with zero attached hydrogens (tertiary/aromatic N) is 4. The molecule has 3 aromatic rings. The first-order chi connectivity index (χ1) is 18.5. The summed E-state index contributed by atoms with van der Waals surface area (Å²) in [5, 5.41) is 3.00. The number of carbonyl (C=O) groups is 1. The van der Waals surface area contributed by atoms with Crippen molar-refractivity contribution in [3.8, 4) is 0 Å². The van der Waals surface area contributed by atoms with Crippen molar-refractivity contribution in [2.75, 3.05) is 11.9 Å². The van der Waals surface area contributed by atoms with E-state index in [1.54, 1.807) is 18.5 Å². The number of hydrogen-bond acceptors (Lipinski definition) is 7. The molecule has 3 atom stereocenters. The molecule has 1 radical (unpaired) electrons. The SMILES string of the molecule is CC(C)(C)[Si](C)(C)OC[C@H]1[CH][C@@H](O[Si](C)(C)C(C)(C)C)[C@H](n2cnc3c(NC(=O)c4ccccc4)ncnc32)O1. The van der Waals surface area contributed by atoms with E-state index in [0.29, 0.717) is 29.2 Å². The van der Waals surface area contributed by atoms with Gasteiger partial charge in [-0.2, -0.15) is 0 Å². The molecular formula is C29H44N5O4Si2. The Labute approximate surface area is 240 Å². The standard InChI is InChI=1S/C29H44N5O4Si2/c1-28(2,3)39(7,8)36-17-21-16-22(38-40(9,10)29(4,5)6)27(37-21)34-19-32-23-24(30-18-31-25(23)34)33-26(35)20-14-12-11-13-15-20/h11-16,18-19,21-22,27H,17H2,1-10H3,(H,30,31,33,35)/t21-,22-,27-/m1/s1. The maximum absolute atomic E-state index is 12.8. The van der Waals surface area contributed by atoms with Crippen LogP contribution in [0.3, 0.4) is 0 Å². The highest BCUT2D eigenvalue weighted by molar-refractivity contribution is 6.74. The lowest BCUT2D eigenvalue weighted by Crippen LogP contribution is -2.45. The lowest BCUT2D eigenvalue weighted by atomic mass is 10.2. The summed E-state index contributed by atoms with van der Waals surface area (Å²) in [4.78, 5) is 26.3. The van der Waals surface area contributed by atoms with Gasteiger partial charge in [-0.05, 0) is 48.4 Å². The van der Waals surface area contributed by atoms with Gasteiger partial charge in [0.25, 0.3) is 5.91 Å². The van der Waals surface area contributed by atoms with Gasteiger partial charge < -0.3 is 18.9 Å². The number of fused-ring (bicyclic) bond motifs is 1. The van der Waals surface area contributed by atoms with E-state index in [1.165, 1.54) is 6.33 Å². The average Bonchev–Trinajstić information content (AvgIpc) is 3.46. The Kier molecular flexibility index (Phi) is 8.46. The fraction of sp³-hybridized carbons (Fsp3) is 0.552. The minimum Gasteiger partial charge on any atom is -0.414 e. The van der Waals surface area contributed by atoms with Gasteiger partial charge in [-0.25, -0.2) is 15.0 Å².